The zero-order valence-corrected chi connectivity index (χ0v) is 15.5. The van der Waals surface area contributed by atoms with Gasteiger partial charge in [0.2, 0.25) is 0 Å². The molecule has 1 atom stereocenters. The van der Waals surface area contributed by atoms with Crippen molar-refractivity contribution in [3.8, 4) is 0 Å². The number of hydrogen-bond donors (Lipinski definition) is 2. The van der Waals surface area contributed by atoms with Crippen LogP contribution in [0.1, 0.15) is 50.4 Å². The Balaban J connectivity index is 2.14. The molecule has 1 amide bonds. The number of benzene rings is 1. The van der Waals surface area contributed by atoms with Gasteiger partial charge < -0.3 is 10.3 Å². The van der Waals surface area contributed by atoms with E-state index in [0.717, 1.165) is 19.3 Å². The van der Waals surface area contributed by atoms with Gasteiger partial charge in [0.05, 0.1) is 10.9 Å². The van der Waals surface area contributed by atoms with Crippen LogP contribution in [-0.4, -0.2) is 21.5 Å². The predicted molar refractivity (Wildman–Crippen MR) is 100.0 cm³/mol. The van der Waals surface area contributed by atoms with Gasteiger partial charge in [-0.05, 0) is 49.7 Å². The van der Waals surface area contributed by atoms with E-state index in [1.54, 1.807) is 25.2 Å². The van der Waals surface area contributed by atoms with Crippen LogP contribution < -0.4 is 10.9 Å². The molecule has 0 aliphatic rings. The summed E-state index contributed by atoms with van der Waals surface area (Å²) in [6.45, 7) is 6.42. The van der Waals surface area contributed by atoms with E-state index in [0.29, 0.717) is 27.2 Å². The third kappa shape index (κ3) is 4.32. The van der Waals surface area contributed by atoms with Crippen LogP contribution in [0.3, 0.4) is 0 Å². The van der Waals surface area contributed by atoms with E-state index >= 15 is 0 Å². The fourth-order valence-corrected chi connectivity index (χ4v) is 2.85. The first-order chi connectivity index (χ1) is 11.3. The number of aromatic nitrogens is 2. The molecule has 2 aromatic rings. The Labute approximate surface area is 147 Å². The number of amides is 1. The second kappa shape index (κ2) is 7.75. The molecule has 130 valence electrons. The number of fused-ring (bicyclic) bond motifs is 1. The van der Waals surface area contributed by atoms with E-state index in [2.05, 4.69) is 24.1 Å². The first kappa shape index (κ1) is 18.4. The number of hydrogen-bond acceptors (Lipinski definition) is 3. The van der Waals surface area contributed by atoms with Crippen molar-refractivity contribution in [2.45, 2.75) is 46.1 Å². The average molecular weight is 347 g/mol. The molecule has 1 unspecified atom stereocenters. The fourth-order valence-electron chi connectivity index (χ4n) is 2.66. The van der Waals surface area contributed by atoms with Gasteiger partial charge in [-0.2, -0.15) is 0 Å². The van der Waals surface area contributed by atoms with Gasteiger partial charge in [0, 0.05) is 18.7 Å². The minimum absolute atomic E-state index is 0.120. The number of carbonyl (C=O) groups is 1. The van der Waals surface area contributed by atoms with E-state index < -0.39 is 0 Å². The third-order valence-electron chi connectivity index (χ3n) is 4.16. The fraction of sp³-hybridized carbons (Fsp3) is 0.500. The van der Waals surface area contributed by atoms with Crippen molar-refractivity contribution in [2.75, 3.05) is 0 Å². The minimum atomic E-state index is -0.164. The van der Waals surface area contributed by atoms with Gasteiger partial charge in [0.15, 0.2) is 4.77 Å². The summed E-state index contributed by atoms with van der Waals surface area (Å²) in [4.78, 5) is 27.5. The van der Waals surface area contributed by atoms with Crippen molar-refractivity contribution in [1.29, 1.82) is 0 Å². The van der Waals surface area contributed by atoms with E-state index in [4.69, 9.17) is 12.2 Å². The lowest BCUT2D eigenvalue weighted by Crippen LogP contribution is -2.32. The molecule has 0 fully saturated rings. The summed E-state index contributed by atoms with van der Waals surface area (Å²) >= 11 is 5.12. The van der Waals surface area contributed by atoms with Crippen LogP contribution >= 0.6 is 12.2 Å². The summed E-state index contributed by atoms with van der Waals surface area (Å²) in [7, 11) is 1.63. The Hall–Kier alpha value is -1.95. The van der Waals surface area contributed by atoms with Crippen molar-refractivity contribution in [3.05, 3.63) is 38.9 Å². The molecule has 0 saturated heterocycles. The van der Waals surface area contributed by atoms with E-state index in [1.807, 2.05) is 6.92 Å². The van der Waals surface area contributed by atoms with Crippen molar-refractivity contribution in [2.24, 2.45) is 13.0 Å². The Kier molecular flexibility index (Phi) is 5.94. The summed E-state index contributed by atoms with van der Waals surface area (Å²) in [5.41, 5.74) is 0.947. The van der Waals surface area contributed by atoms with E-state index in [9.17, 15) is 9.59 Å². The lowest BCUT2D eigenvalue weighted by molar-refractivity contribution is 0.0938. The molecule has 0 aliphatic carbocycles. The molecule has 1 aromatic carbocycles. The number of aromatic amines is 1. The van der Waals surface area contributed by atoms with Gasteiger partial charge in [-0.25, -0.2) is 0 Å². The molecular weight excluding hydrogens is 322 g/mol. The molecule has 1 heterocycles. The number of nitrogens with zero attached hydrogens (tertiary/aromatic N) is 1. The summed E-state index contributed by atoms with van der Waals surface area (Å²) in [5.74, 6) is 0.549. The molecule has 6 heteroatoms. The monoisotopic (exact) mass is 347 g/mol. The van der Waals surface area contributed by atoms with Gasteiger partial charge >= 0.3 is 0 Å². The van der Waals surface area contributed by atoms with Crippen LogP contribution in [0.2, 0.25) is 0 Å². The normalized spacial score (nSPS) is 12.5. The Morgan fingerprint density at radius 1 is 1.29 bits per heavy atom. The van der Waals surface area contributed by atoms with Gasteiger partial charge in [0.25, 0.3) is 11.5 Å². The summed E-state index contributed by atoms with van der Waals surface area (Å²) in [6.07, 6.45) is 3.22. The smallest absolute Gasteiger partial charge is 0.261 e. The zero-order valence-electron chi connectivity index (χ0n) is 14.7. The van der Waals surface area contributed by atoms with Crippen LogP contribution in [0, 0.1) is 10.7 Å². The van der Waals surface area contributed by atoms with Crippen molar-refractivity contribution in [1.82, 2.24) is 14.9 Å². The highest BCUT2D eigenvalue weighted by molar-refractivity contribution is 7.71. The van der Waals surface area contributed by atoms with Crippen LogP contribution in [0.25, 0.3) is 10.9 Å². The molecule has 5 nitrogen and oxygen atoms in total. The SMILES string of the molecule is CC(C)CCCC(C)NC(=O)c1ccc2c(=O)n(C)c(=S)[nH]c2c1. The second-order valence-electron chi connectivity index (χ2n) is 6.75. The van der Waals surface area contributed by atoms with Crippen LogP contribution in [0.5, 0.6) is 0 Å². The number of nitrogens with one attached hydrogen (secondary N) is 2. The van der Waals surface area contributed by atoms with Crippen molar-refractivity contribution >= 4 is 29.0 Å². The molecule has 2 rings (SSSR count). The van der Waals surface area contributed by atoms with Gasteiger partial charge in [0.1, 0.15) is 0 Å². The van der Waals surface area contributed by atoms with E-state index in [-0.39, 0.29) is 17.5 Å². The minimum Gasteiger partial charge on any atom is -0.350 e. The van der Waals surface area contributed by atoms with Crippen molar-refractivity contribution in [3.63, 3.8) is 0 Å². The molecule has 0 spiro atoms. The maximum atomic E-state index is 12.4. The van der Waals surface area contributed by atoms with Crippen LogP contribution in [0.4, 0.5) is 0 Å². The molecule has 24 heavy (non-hydrogen) atoms. The number of carbonyl (C=O) groups excluding carboxylic acids is 1. The first-order valence-corrected chi connectivity index (χ1v) is 8.74. The molecule has 0 bridgehead atoms. The second-order valence-corrected chi connectivity index (χ2v) is 7.14. The highest BCUT2D eigenvalue weighted by Crippen LogP contribution is 2.12. The molecule has 0 radical (unpaired) electrons. The predicted octanol–water partition coefficient (Wildman–Crippen LogP) is 3.54. The maximum absolute atomic E-state index is 12.4. The maximum Gasteiger partial charge on any atom is 0.261 e. The van der Waals surface area contributed by atoms with Crippen LogP contribution in [-0.2, 0) is 7.05 Å². The topological polar surface area (TPSA) is 66.9 Å². The quantitative estimate of drug-likeness (QED) is 0.786. The molecule has 0 aliphatic heterocycles. The summed E-state index contributed by atoms with van der Waals surface area (Å²) in [6, 6.07) is 5.15. The average Bonchev–Trinajstić information content (AvgIpc) is 2.51. The Morgan fingerprint density at radius 2 is 2.00 bits per heavy atom. The number of H-pyrrole nitrogens is 1. The Bertz CT molecular complexity index is 851. The van der Waals surface area contributed by atoms with Gasteiger partial charge in [-0.15, -0.1) is 0 Å². The molecular formula is C18H25N3O2S. The molecule has 2 N–H and O–H groups in total. The Morgan fingerprint density at radius 3 is 2.67 bits per heavy atom. The van der Waals surface area contributed by atoms with E-state index in [1.165, 1.54) is 4.57 Å². The summed E-state index contributed by atoms with van der Waals surface area (Å²) in [5, 5.41) is 3.53. The number of rotatable bonds is 6. The van der Waals surface area contributed by atoms with Crippen molar-refractivity contribution < 1.29 is 4.79 Å². The van der Waals surface area contributed by atoms with Crippen LogP contribution in [0.15, 0.2) is 23.0 Å². The first-order valence-electron chi connectivity index (χ1n) is 8.33. The molecule has 1 aromatic heterocycles. The highest BCUT2D eigenvalue weighted by Gasteiger charge is 2.12. The highest BCUT2D eigenvalue weighted by atomic mass is 32.1. The van der Waals surface area contributed by atoms with Gasteiger partial charge in [-0.3, -0.25) is 14.2 Å². The third-order valence-corrected chi connectivity index (χ3v) is 4.54. The standard InChI is InChI=1S/C18H25N3O2S/c1-11(2)6-5-7-12(3)19-16(22)13-8-9-14-15(10-13)20-18(24)21(4)17(14)23/h8-12H,5-7H2,1-4H3,(H,19,22)(H,20,24). The lowest BCUT2D eigenvalue weighted by atomic mass is 10.0. The zero-order chi connectivity index (χ0) is 17.9. The summed E-state index contributed by atoms with van der Waals surface area (Å²) < 4.78 is 1.72. The molecule has 0 saturated carbocycles. The van der Waals surface area contributed by atoms with Gasteiger partial charge in [-0.1, -0.05) is 26.7 Å². The lowest BCUT2D eigenvalue weighted by Gasteiger charge is -2.15. The largest absolute Gasteiger partial charge is 0.350 e.